The monoisotopic (exact) mass is 307 g/mol. The summed E-state index contributed by atoms with van der Waals surface area (Å²) in [6.07, 6.45) is 1.24. The molecule has 2 aliphatic heterocycles. The first-order valence-electron chi connectivity index (χ1n) is 7.90. The number of alkyl halides is 1. The summed E-state index contributed by atoms with van der Waals surface area (Å²) in [6.45, 7) is 3.98. The van der Waals surface area contributed by atoms with E-state index in [1.165, 1.54) is 0 Å². The molecule has 0 unspecified atom stereocenters. The molecule has 3 rings (SSSR count). The van der Waals surface area contributed by atoms with Crippen LogP contribution in [-0.2, 0) is 14.9 Å². The lowest BCUT2D eigenvalue weighted by molar-refractivity contribution is -0.163. The Morgan fingerprint density at radius 3 is 2.55 bits per heavy atom. The molecule has 4 nitrogen and oxygen atoms in total. The summed E-state index contributed by atoms with van der Waals surface area (Å²) >= 11 is 0. The highest BCUT2D eigenvalue weighted by Crippen LogP contribution is 2.36. The van der Waals surface area contributed by atoms with Crippen molar-refractivity contribution in [1.82, 2.24) is 4.90 Å². The Bertz CT molecular complexity index is 521. The molecular formula is C17H22FNO3. The van der Waals surface area contributed by atoms with Gasteiger partial charge in [0.05, 0.1) is 32.9 Å². The van der Waals surface area contributed by atoms with Gasteiger partial charge in [-0.2, -0.15) is 0 Å². The van der Waals surface area contributed by atoms with E-state index in [2.05, 4.69) is 6.92 Å². The number of amides is 1. The van der Waals surface area contributed by atoms with Gasteiger partial charge in [0.15, 0.2) is 0 Å². The summed E-state index contributed by atoms with van der Waals surface area (Å²) in [5.74, 6) is 0.792. The van der Waals surface area contributed by atoms with Crippen LogP contribution in [0.2, 0.25) is 0 Å². The van der Waals surface area contributed by atoms with Gasteiger partial charge in [0.25, 0.3) is 0 Å². The molecule has 1 amide bonds. The Morgan fingerprint density at radius 2 is 2.05 bits per heavy atom. The van der Waals surface area contributed by atoms with Crippen LogP contribution in [0.25, 0.3) is 0 Å². The maximum atomic E-state index is 13.0. The molecule has 2 saturated heterocycles. The van der Waals surface area contributed by atoms with E-state index in [4.69, 9.17) is 9.47 Å². The van der Waals surface area contributed by atoms with Crippen molar-refractivity contribution in [2.45, 2.75) is 31.4 Å². The van der Waals surface area contributed by atoms with Gasteiger partial charge >= 0.3 is 0 Å². The number of rotatable bonds is 6. The molecule has 0 bridgehead atoms. The number of hydrogen-bond acceptors (Lipinski definition) is 3. The van der Waals surface area contributed by atoms with Crippen LogP contribution in [0.3, 0.4) is 0 Å². The predicted molar refractivity (Wildman–Crippen MR) is 80.8 cm³/mol. The largest absolute Gasteiger partial charge is 0.494 e. The highest BCUT2D eigenvalue weighted by molar-refractivity contribution is 5.90. The van der Waals surface area contributed by atoms with Gasteiger partial charge in [0.1, 0.15) is 17.3 Å². The summed E-state index contributed by atoms with van der Waals surface area (Å²) in [4.78, 5) is 14.2. The number of benzene rings is 1. The van der Waals surface area contributed by atoms with Gasteiger partial charge in [-0.15, -0.1) is 0 Å². The second-order valence-electron chi connectivity index (χ2n) is 6.11. The third-order valence-corrected chi connectivity index (χ3v) is 4.40. The Hall–Kier alpha value is -1.62. The molecule has 2 aliphatic rings. The molecule has 2 heterocycles. The van der Waals surface area contributed by atoms with Crippen molar-refractivity contribution in [2.75, 3.05) is 32.9 Å². The molecule has 5 heteroatoms. The van der Waals surface area contributed by atoms with Crippen molar-refractivity contribution in [2.24, 2.45) is 0 Å². The number of carbonyl (C=O) groups excluding carboxylic acids is 1. The molecular weight excluding hydrogens is 285 g/mol. The van der Waals surface area contributed by atoms with E-state index in [9.17, 15) is 9.18 Å². The van der Waals surface area contributed by atoms with E-state index in [0.29, 0.717) is 19.8 Å². The maximum Gasteiger partial charge on any atom is 0.238 e. The van der Waals surface area contributed by atoms with E-state index >= 15 is 0 Å². The first-order chi connectivity index (χ1) is 10.7. The van der Waals surface area contributed by atoms with Gasteiger partial charge in [-0.1, -0.05) is 25.5 Å². The molecule has 0 atom stereocenters. The zero-order valence-electron chi connectivity index (χ0n) is 12.9. The standard InChI is InChI=1S/C17H22FNO3/c1-2-3-8-22-15-6-4-13(5-7-15)17(11-21-12-17)16(20)19-9-14(18)10-19/h4-7,14H,2-3,8-12H2,1H3. The third kappa shape index (κ3) is 2.70. The topological polar surface area (TPSA) is 38.8 Å². The zero-order valence-corrected chi connectivity index (χ0v) is 12.9. The van der Waals surface area contributed by atoms with Crippen LogP contribution < -0.4 is 4.74 Å². The quantitative estimate of drug-likeness (QED) is 0.757. The molecule has 2 fully saturated rings. The molecule has 0 spiro atoms. The van der Waals surface area contributed by atoms with Crippen molar-refractivity contribution < 1.29 is 18.7 Å². The van der Waals surface area contributed by atoms with Crippen LogP contribution in [0.1, 0.15) is 25.3 Å². The fourth-order valence-electron chi connectivity index (χ4n) is 2.82. The third-order valence-electron chi connectivity index (χ3n) is 4.40. The zero-order chi connectivity index (χ0) is 15.6. The average molecular weight is 307 g/mol. The van der Waals surface area contributed by atoms with Crippen molar-refractivity contribution in [3.63, 3.8) is 0 Å². The van der Waals surface area contributed by atoms with Crippen molar-refractivity contribution >= 4 is 5.91 Å². The molecule has 22 heavy (non-hydrogen) atoms. The lowest BCUT2D eigenvalue weighted by Crippen LogP contribution is -2.64. The predicted octanol–water partition coefficient (Wildman–Crippen LogP) is 2.31. The number of likely N-dealkylation sites (tertiary alicyclic amines) is 1. The summed E-state index contributed by atoms with van der Waals surface area (Å²) in [6, 6.07) is 7.64. The number of nitrogens with zero attached hydrogens (tertiary/aromatic N) is 1. The second-order valence-corrected chi connectivity index (χ2v) is 6.11. The normalized spacial score (nSPS) is 20.2. The molecule has 1 aromatic rings. The van der Waals surface area contributed by atoms with Gasteiger partial charge in [-0.3, -0.25) is 4.79 Å². The minimum Gasteiger partial charge on any atom is -0.494 e. The molecule has 1 aromatic carbocycles. The number of carbonyl (C=O) groups is 1. The smallest absolute Gasteiger partial charge is 0.238 e. The average Bonchev–Trinajstić information content (AvgIpc) is 2.44. The summed E-state index contributed by atoms with van der Waals surface area (Å²) in [5.41, 5.74) is 0.288. The second kappa shape index (κ2) is 6.24. The van der Waals surface area contributed by atoms with E-state index in [1.807, 2.05) is 24.3 Å². The highest BCUT2D eigenvalue weighted by Gasteiger charge is 2.51. The fourth-order valence-corrected chi connectivity index (χ4v) is 2.82. The van der Waals surface area contributed by atoms with Crippen molar-refractivity contribution in [1.29, 1.82) is 0 Å². The first-order valence-corrected chi connectivity index (χ1v) is 7.90. The van der Waals surface area contributed by atoms with Gasteiger partial charge in [-0.05, 0) is 24.1 Å². The van der Waals surface area contributed by atoms with Gasteiger partial charge < -0.3 is 14.4 Å². The number of ether oxygens (including phenoxy) is 2. The van der Waals surface area contributed by atoms with Gasteiger partial charge in [0.2, 0.25) is 5.91 Å². The van der Waals surface area contributed by atoms with Crippen LogP contribution in [0, 0.1) is 0 Å². The Balaban J connectivity index is 1.69. The van der Waals surface area contributed by atoms with Gasteiger partial charge in [-0.25, -0.2) is 4.39 Å². The molecule has 120 valence electrons. The summed E-state index contributed by atoms with van der Waals surface area (Å²) in [5, 5.41) is 0. The lowest BCUT2D eigenvalue weighted by Gasteiger charge is -2.46. The fraction of sp³-hybridized carbons (Fsp3) is 0.588. The summed E-state index contributed by atoms with van der Waals surface area (Å²) in [7, 11) is 0. The Labute approximate surface area is 130 Å². The van der Waals surface area contributed by atoms with Crippen LogP contribution in [0.4, 0.5) is 4.39 Å². The van der Waals surface area contributed by atoms with Gasteiger partial charge in [0, 0.05) is 0 Å². The van der Waals surface area contributed by atoms with E-state index in [0.717, 1.165) is 24.2 Å². The number of halogens is 1. The maximum absolute atomic E-state index is 13.0. The molecule has 0 aliphatic carbocycles. The molecule has 0 saturated carbocycles. The van der Waals surface area contributed by atoms with Crippen LogP contribution in [0.15, 0.2) is 24.3 Å². The molecule has 0 aromatic heterocycles. The Kier molecular flexibility index (Phi) is 4.34. The number of hydrogen-bond donors (Lipinski definition) is 0. The minimum atomic E-state index is -0.878. The minimum absolute atomic E-state index is 0.0210. The van der Waals surface area contributed by atoms with Crippen LogP contribution in [-0.4, -0.2) is 49.9 Å². The van der Waals surface area contributed by atoms with E-state index in [-0.39, 0.29) is 19.0 Å². The molecule has 0 N–H and O–H groups in total. The highest BCUT2D eigenvalue weighted by atomic mass is 19.1. The number of unbranched alkanes of at least 4 members (excludes halogenated alkanes) is 1. The van der Waals surface area contributed by atoms with Crippen molar-refractivity contribution in [3.8, 4) is 5.75 Å². The SMILES string of the molecule is CCCCOc1ccc(C2(C(=O)N3CC(F)C3)COC2)cc1. The van der Waals surface area contributed by atoms with Crippen molar-refractivity contribution in [3.05, 3.63) is 29.8 Å². The van der Waals surface area contributed by atoms with E-state index < -0.39 is 11.6 Å². The van der Waals surface area contributed by atoms with Crippen LogP contribution in [0.5, 0.6) is 5.75 Å². The Morgan fingerprint density at radius 1 is 1.36 bits per heavy atom. The molecule has 0 radical (unpaired) electrons. The van der Waals surface area contributed by atoms with Crippen LogP contribution >= 0.6 is 0 Å². The first kappa shape index (κ1) is 15.3. The summed E-state index contributed by atoms with van der Waals surface area (Å²) < 4.78 is 23.9. The lowest BCUT2D eigenvalue weighted by atomic mass is 9.76. The van der Waals surface area contributed by atoms with E-state index in [1.54, 1.807) is 4.90 Å².